The van der Waals surface area contributed by atoms with Crippen LogP contribution in [0.25, 0.3) is 0 Å². The molecule has 0 aliphatic rings. The average Bonchev–Trinajstić information content (AvgIpc) is 2.41. The van der Waals surface area contributed by atoms with Crippen LogP contribution in [0, 0.1) is 0 Å². The quantitative estimate of drug-likeness (QED) is 0.812. The van der Waals surface area contributed by atoms with Crippen molar-refractivity contribution in [3.63, 3.8) is 0 Å². The minimum Gasteiger partial charge on any atom is -0.504 e. The molecule has 2 aromatic rings. The highest BCUT2D eigenvalue weighted by molar-refractivity contribution is 5.40. The molecule has 3 heteroatoms. The zero-order valence-corrected chi connectivity index (χ0v) is 10.3. The van der Waals surface area contributed by atoms with Crippen LogP contribution in [0.4, 0.5) is 0 Å². The van der Waals surface area contributed by atoms with Crippen LogP contribution in [-0.4, -0.2) is 10.2 Å². The van der Waals surface area contributed by atoms with Gasteiger partial charge in [0.1, 0.15) is 12.4 Å². The molecule has 0 atom stereocenters. The number of rotatable bonds is 4. The predicted molar refractivity (Wildman–Crippen MR) is 69.9 cm³/mol. The molecule has 2 aromatic carbocycles. The molecule has 0 aliphatic carbocycles. The lowest BCUT2D eigenvalue weighted by atomic mass is 10.2. The Morgan fingerprint density at radius 2 is 1.56 bits per heavy atom. The Kier molecular flexibility index (Phi) is 3.72. The highest BCUT2D eigenvalue weighted by Crippen LogP contribution is 2.25. The van der Waals surface area contributed by atoms with Crippen molar-refractivity contribution < 1.29 is 14.9 Å². The van der Waals surface area contributed by atoms with Gasteiger partial charge in [0.25, 0.3) is 0 Å². The number of ether oxygens (including phenoxy) is 1. The van der Waals surface area contributed by atoms with Gasteiger partial charge in [0.2, 0.25) is 0 Å². The van der Waals surface area contributed by atoms with Crippen molar-refractivity contribution in [2.45, 2.75) is 20.0 Å². The zero-order chi connectivity index (χ0) is 13.0. The molecule has 0 amide bonds. The molecule has 0 saturated heterocycles. The monoisotopic (exact) mass is 244 g/mol. The van der Waals surface area contributed by atoms with E-state index in [0.717, 1.165) is 17.7 Å². The van der Waals surface area contributed by atoms with Gasteiger partial charge in [0, 0.05) is 0 Å². The molecule has 0 aliphatic heterocycles. The molecule has 2 N–H and O–H groups in total. The highest BCUT2D eigenvalue weighted by atomic mass is 16.5. The summed E-state index contributed by atoms with van der Waals surface area (Å²) in [5.74, 6) is 0.545. The largest absolute Gasteiger partial charge is 0.504 e. The summed E-state index contributed by atoms with van der Waals surface area (Å²) in [5, 5.41) is 18.6. The third-order valence-electron chi connectivity index (χ3n) is 2.78. The molecule has 18 heavy (non-hydrogen) atoms. The van der Waals surface area contributed by atoms with Crippen molar-refractivity contribution >= 4 is 0 Å². The first-order chi connectivity index (χ1) is 8.69. The van der Waals surface area contributed by atoms with Gasteiger partial charge in [-0.2, -0.15) is 0 Å². The minimum atomic E-state index is -0.127. The Labute approximate surface area is 106 Å². The predicted octanol–water partition coefficient (Wildman–Crippen LogP) is 3.24. The molecular formula is C15H16O3. The summed E-state index contributed by atoms with van der Waals surface area (Å²) < 4.78 is 5.59. The Hall–Kier alpha value is -2.16. The minimum absolute atomic E-state index is 0.119. The fourth-order valence-electron chi connectivity index (χ4n) is 1.65. The third-order valence-corrected chi connectivity index (χ3v) is 2.78. The Bertz CT molecular complexity index is 518. The van der Waals surface area contributed by atoms with E-state index in [0.29, 0.717) is 6.61 Å². The van der Waals surface area contributed by atoms with E-state index in [4.69, 9.17) is 4.74 Å². The maximum atomic E-state index is 9.36. The summed E-state index contributed by atoms with van der Waals surface area (Å²) >= 11 is 0. The molecule has 0 heterocycles. The van der Waals surface area contributed by atoms with E-state index < -0.39 is 0 Å². The molecule has 0 spiro atoms. The van der Waals surface area contributed by atoms with Crippen LogP contribution in [0.2, 0.25) is 0 Å². The topological polar surface area (TPSA) is 49.7 Å². The molecule has 0 unspecified atom stereocenters. The lowest BCUT2D eigenvalue weighted by molar-refractivity contribution is 0.304. The summed E-state index contributed by atoms with van der Waals surface area (Å²) in [5.41, 5.74) is 2.08. The normalized spacial score (nSPS) is 10.3. The summed E-state index contributed by atoms with van der Waals surface area (Å²) in [6.07, 6.45) is 1.01. The van der Waals surface area contributed by atoms with Crippen molar-refractivity contribution in [2.24, 2.45) is 0 Å². The molecule has 3 nitrogen and oxygen atoms in total. The summed E-state index contributed by atoms with van der Waals surface area (Å²) in [6, 6.07) is 12.6. The van der Waals surface area contributed by atoms with E-state index in [1.807, 2.05) is 24.3 Å². The Morgan fingerprint density at radius 1 is 0.889 bits per heavy atom. The Balaban J connectivity index is 1.99. The van der Waals surface area contributed by atoms with Crippen molar-refractivity contribution in [3.8, 4) is 17.2 Å². The molecule has 0 radical (unpaired) electrons. The van der Waals surface area contributed by atoms with Crippen LogP contribution in [-0.2, 0) is 13.0 Å². The van der Waals surface area contributed by atoms with Gasteiger partial charge in [0.15, 0.2) is 11.5 Å². The number of hydrogen-bond acceptors (Lipinski definition) is 3. The number of phenolic OH excluding ortho intramolecular Hbond substituents is 2. The van der Waals surface area contributed by atoms with Gasteiger partial charge >= 0.3 is 0 Å². The van der Waals surface area contributed by atoms with Gasteiger partial charge in [-0.3, -0.25) is 0 Å². The smallest absolute Gasteiger partial charge is 0.157 e. The third kappa shape index (κ3) is 2.94. The van der Waals surface area contributed by atoms with Crippen LogP contribution in [0.5, 0.6) is 17.2 Å². The van der Waals surface area contributed by atoms with E-state index in [1.54, 1.807) is 6.07 Å². The van der Waals surface area contributed by atoms with Crippen LogP contribution in [0.3, 0.4) is 0 Å². The SMILES string of the molecule is CCc1ccc(OCc2ccc(O)c(O)c2)cc1. The van der Waals surface area contributed by atoms with E-state index in [1.165, 1.54) is 17.7 Å². The molecule has 0 saturated carbocycles. The lowest BCUT2D eigenvalue weighted by Crippen LogP contribution is -1.95. The summed E-state index contributed by atoms with van der Waals surface area (Å²) in [6.45, 7) is 2.47. The molecular weight excluding hydrogens is 228 g/mol. The number of benzene rings is 2. The fourth-order valence-corrected chi connectivity index (χ4v) is 1.65. The number of aryl methyl sites for hydroxylation is 1. The van der Waals surface area contributed by atoms with Crippen LogP contribution >= 0.6 is 0 Å². The van der Waals surface area contributed by atoms with Crippen molar-refractivity contribution in [2.75, 3.05) is 0 Å². The standard InChI is InChI=1S/C15H16O3/c1-2-11-3-6-13(7-4-11)18-10-12-5-8-14(16)15(17)9-12/h3-9,16-17H,2,10H2,1H3. The van der Waals surface area contributed by atoms with E-state index in [2.05, 4.69) is 6.92 Å². The molecule has 2 rings (SSSR count). The van der Waals surface area contributed by atoms with Crippen LogP contribution < -0.4 is 4.74 Å². The van der Waals surface area contributed by atoms with Gasteiger partial charge in [-0.15, -0.1) is 0 Å². The summed E-state index contributed by atoms with van der Waals surface area (Å²) in [4.78, 5) is 0. The Morgan fingerprint density at radius 3 is 2.17 bits per heavy atom. The van der Waals surface area contributed by atoms with Gasteiger partial charge in [-0.25, -0.2) is 0 Å². The number of hydrogen-bond donors (Lipinski definition) is 2. The fraction of sp³-hybridized carbons (Fsp3) is 0.200. The average molecular weight is 244 g/mol. The first-order valence-electron chi connectivity index (χ1n) is 5.91. The van der Waals surface area contributed by atoms with Gasteiger partial charge in [-0.05, 0) is 41.8 Å². The number of phenols is 2. The lowest BCUT2D eigenvalue weighted by Gasteiger charge is -2.07. The summed E-state index contributed by atoms with van der Waals surface area (Å²) in [7, 11) is 0. The highest BCUT2D eigenvalue weighted by Gasteiger charge is 2.01. The second kappa shape index (κ2) is 5.45. The van der Waals surface area contributed by atoms with Crippen LogP contribution in [0.1, 0.15) is 18.1 Å². The van der Waals surface area contributed by atoms with Gasteiger partial charge in [-0.1, -0.05) is 25.1 Å². The molecule has 0 aromatic heterocycles. The van der Waals surface area contributed by atoms with Crippen molar-refractivity contribution in [1.82, 2.24) is 0 Å². The maximum absolute atomic E-state index is 9.36. The second-order valence-corrected chi connectivity index (χ2v) is 4.11. The van der Waals surface area contributed by atoms with E-state index >= 15 is 0 Å². The van der Waals surface area contributed by atoms with Gasteiger partial charge in [0.05, 0.1) is 0 Å². The van der Waals surface area contributed by atoms with Crippen molar-refractivity contribution in [1.29, 1.82) is 0 Å². The molecule has 0 fully saturated rings. The number of aromatic hydroxyl groups is 2. The second-order valence-electron chi connectivity index (χ2n) is 4.11. The first kappa shape index (κ1) is 12.3. The zero-order valence-electron chi connectivity index (χ0n) is 10.3. The van der Waals surface area contributed by atoms with Crippen molar-refractivity contribution in [3.05, 3.63) is 53.6 Å². The van der Waals surface area contributed by atoms with Crippen LogP contribution in [0.15, 0.2) is 42.5 Å². The maximum Gasteiger partial charge on any atom is 0.157 e. The first-order valence-corrected chi connectivity index (χ1v) is 5.91. The molecule has 94 valence electrons. The van der Waals surface area contributed by atoms with Gasteiger partial charge < -0.3 is 14.9 Å². The van der Waals surface area contributed by atoms with E-state index in [9.17, 15) is 10.2 Å². The molecule has 0 bridgehead atoms. The van der Waals surface area contributed by atoms with E-state index in [-0.39, 0.29) is 11.5 Å².